The third kappa shape index (κ3) is 5.60. The second kappa shape index (κ2) is 10.1. The van der Waals surface area contributed by atoms with Gasteiger partial charge in [-0.25, -0.2) is 13.4 Å². The van der Waals surface area contributed by atoms with Gasteiger partial charge in [0.1, 0.15) is 10.6 Å². The van der Waals surface area contributed by atoms with E-state index in [1.165, 1.54) is 18.4 Å². The Kier molecular flexibility index (Phi) is 7.35. The minimum Gasteiger partial charge on any atom is -0.495 e. The van der Waals surface area contributed by atoms with Crippen molar-refractivity contribution in [2.75, 3.05) is 30.4 Å². The number of rotatable bonds is 8. The smallest absolute Gasteiger partial charge is 0.265 e. The second-order valence-electron chi connectivity index (χ2n) is 9.27. The van der Waals surface area contributed by atoms with Crippen LogP contribution in [0, 0.1) is 19.8 Å². The van der Waals surface area contributed by atoms with E-state index in [1.54, 1.807) is 37.4 Å². The Morgan fingerprint density at radius 1 is 1.14 bits per heavy atom. The van der Waals surface area contributed by atoms with Crippen molar-refractivity contribution in [1.82, 2.24) is 9.97 Å². The zero-order valence-electron chi connectivity index (χ0n) is 20.7. The van der Waals surface area contributed by atoms with E-state index in [-0.39, 0.29) is 16.2 Å². The van der Waals surface area contributed by atoms with Crippen LogP contribution in [0.5, 0.6) is 5.75 Å². The molecule has 2 aromatic heterocycles. The molecule has 0 saturated carbocycles. The second-order valence-corrected chi connectivity index (χ2v) is 11.9. The number of aryl methyl sites for hydroxylation is 2. The zero-order chi connectivity index (χ0) is 25.2. The molecule has 188 valence electrons. The van der Waals surface area contributed by atoms with Crippen LogP contribution in [0.15, 0.2) is 41.4 Å². The molecule has 1 aliphatic rings. The Hall–Kier alpha value is -2.69. The van der Waals surface area contributed by atoms with Crippen molar-refractivity contribution in [3.8, 4) is 16.2 Å². The highest BCUT2D eigenvalue weighted by Crippen LogP contribution is 2.39. The number of nitrogens with one attached hydrogen (secondary N) is 2. The standard InChI is InChI=1S/C25H32N4O4S2/c1-16-20(7-6-12-26-16)29-35(30,31)22-15-18(8-9-21(22)32-5)23-17(2)27-24(34-23)28-25(3,4)19-10-13-33-14-11-19/h6-9,12,15,19,29H,10-11,13-14H2,1-5H3,(H,27,28). The van der Waals surface area contributed by atoms with Crippen molar-refractivity contribution in [2.24, 2.45) is 5.92 Å². The molecule has 4 rings (SSSR count). The van der Waals surface area contributed by atoms with Crippen LogP contribution in [-0.4, -0.2) is 44.2 Å². The summed E-state index contributed by atoms with van der Waals surface area (Å²) in [4.78, 5) is 9.89. The van der Waals surface area contributed by atoms with E-state index in [2.05, 4.69) is 28.9 Å². The number of hydrogen-bond acceptors (Lipinski definition) is 8. The molecule has 3 aromatic rings. The summed E-state index contributed by atoms with van der Waals surface area (Å²) in [5.41, 5.74) is 2.49. The van der Waals surface area contributed by atoms with Gasteiger partial charge < -0.3 is 14.8 Å². The molecule has 0 bridgehead atoms. The number of methoxy groups -OCH3 is 1. The minimum atomic E-state index is -3.92. The lowest BCUT2D eigenvalue weighted by molar-refractivity contribution is 0.0491. The largest absolute Gasteiger partial charge is 0.495 e. The number of hydrogen-bond donors (Lipinski definition) is 2. The molecule has 0 radical (unpaired) electrons. The number of anilines is 2. The molecule has 2 N–H and O–H groups in total. The topological polar surface area (TPSA) is 102 Å². The summed E-state index contributed by atoms with van der Waals surface area (Å²) in [5, 5.41) is 4.43. The molecule has 35 heavy (non-hydrogen) atoms. The maximum Gasteiger partial charge on any atom is 0.265 e. The fourth-order valence-electron chi connectivity index (χ4n) is 4.33. The molecule has 1 saturated heterocycles. The first-order valence-electron chi connectivity index (χ1n) is 11.6. The summed E-state index contributed by atoms with van der Waals surface area (Å²) in [6, 6.07) is 8.55. The lowest BCUT2D eigenvalue weighted by Crippen LogP contribution is -2.42. The summed E-state index contributed by atoms with van der Waals surface area (Å²) in [5.74, 6) is 0.757. The SMILES string of the molecule is COc1ccc(-c2sc(NC(C)(C)C3CCOCC3)nc2C)cc1S(=O)(=O)Nc1cccnc1C. The predicted octanol–water partition coefficient (Wildman–Crippen LogP) is 5.25. The Morgan fingerprint density at radius 3 is 2.57 bits per heavy atom. The fourth-order valence-corrected chi connectivity index (χ4v) is 6.78. The lowest BCUT2D eigenvalue weighted by Gasteiger charge is -2.37. The van der Waals surface area contributed by atoms with Gasteiger partial charge in [0.25, 0.3) is 10.0 Å². The van der Waals surface area contributed by atoms with Crippen molar-refractivity contribution in [3.63, 3.8) is 0 Å². The minimum absolute atomic E-state index is 0.0607. The fraction of sp³-hybridized carbons (Fsp3) is 0.440. The molecule has 0 aliphatic carbocycles. The van der Waals surface area contributed by atoms with Crippen LogP contribution in [-0.2, 0) is 14.8 Å². The molecule has 0 amide bonds. The van der Waals surface area contributed by atoms with E-state index >= 15 is 0 Å². The quantitative estimate of drug-likeness (QED) is 0.422. The first-order valence-corrected chi connectivity index (χ1v) is 13.9. The van der Waals surface area contributed by atoms with E-state index < -0.39 is 10.0 Å². The maximum atomic E-state index is 13.3. The van der Waals surface area contributed by atoms with Crippen LogP contribution >= 0.6 is 11.3 Å². The number of aromatic nitrogens is 2. The van der Waals surface area contributed by atoms with Gasteiger partial charge in [0, 0.05) is 24.9 Å². The molecule has 0 spiro atoms. The van der Waals surface area contributed by atoms with Crippen LogP contribution in [0.4, 0.5) is 10.8 Å². The average molecular weight is 517 g/mol. The van der Waals surface area contributed by atoms with Crippen LogP contribution < -0.4 is 14.8 Å². The van der Waals surface area contributed by atoms with Crippen molar-refractivity contribution in [2.45, 2.75) is 51.0 Å². The van der Waals surface area contributed by atoms with Gasteiger partial charge in [0.2, 0.25) is 0 Å². The zero-order valence-corrected chi connectivity index (χ0v) is 22.3. The molecule has 3 heterocycles. The van der Waals surface area contributed by atoms with Crippen LogP contribution in [0.1, 0.15) is 38.1 Å². The molecule has 10 heteroatoms. The highest BCUT2D eigenvalue weighted by atomic mass is 32.2. The van der Waals surface area contributed by atoms with Crippen molar-refractivity contribution in [1.29, 1.82) is 0 Å². The molecule has 8 nitrogen and oxygen atoms in total. The van der Waals surface area contributed by atoms with E-state index in [9.17, 15) is 8.42 Å². The van der Waals surface area contributed by atoms with E-state index in [1.807, 2.05) is 13.0 Å². The van der Waals surface area contributed by atoms with E-state index in [0.29, 0.717) is 17.3 Å². The third-order valence-corrected chi connectivity index (χ3v) is 8.94. The van der Waals surface area contributed by atoms with Crippen molar-refractivity contribution < 1.29 is 17.9 Å². The molecule has 0 unspecified atom stereocenters. The van der Waals surface area contributed by atoms with Crippen LogP contribution in [0.2, 0.25) is 0 Å². The van der Waals surface area contributed by atoms with Crippen LogP contribution in [0.3, 0.4) is 0 Å². The number of sulfonamides is 1. The molecular formula is C25H32N4O4S2. The van der Waals surface area contributed by atoms with Gasteiger partial charge >= 0.3 is 0 Å². The summed E-state index contributed by atoms with van der Waals surface area (Å²) < 4.78 is 40.2. The van der Waals surface area contributed by atoms with Crippen LogP contribution in [0.25, 0.3) is 10.4 Å². The van der Waals surface area contributed by atoms with Crippen molar-refractivity contribution >= 4 is 32.2 Å². The highest BCUT2D eigenvalue weighted by Gasteiger charge is 2.32. The molecule has 1 aliphatic heterocycles. The number of thiazole rings is 1. The van der Waals surface area contributed by atoms with E-state index in [4.69, 9.17) is 14.5 Å². The highest BCUT2D eigenvalue weighted by molar-refractivity contribution is 7.92. The molecule has 1 aromatic carbocycles. The molecular weight excluding hydrogens is 484 g/mol. The number of benzene rings is 1. The van der Waals surface area contributed by atoms with Gasteiger partial charge in [0.05, 0.1) is 29.1 Å². The first-order chi connectivity index (χ1) is 16.6. The average Bonchev–Trinajstić information content (AvgIpc) is 3.19. The maximum absolute atomic E-state index is 13.3. The number of pyridine rings is 1. The normalized spacial score (nSPS) is 15.1. The summed E-state index contributed by atoms with van der Waals surface area (Å²) in [7, 11) is -2.46. The van der Waals surface area contributed by atoms with Gasteiger partial charge in [-0.3, -0.25) is 9.71 Å². The Morgan fingerprint density at radius 2 is 1.89 bits per heavy atom. The lowest BCUT2D eigenvalue weighted by atomic mass is 9.82. The van der Waals surface area contributed by atoms with Crippen molar-refractivity contribution in [3.05, 3.63) is 47.9 Å². The van der Waals surface area contributed by atoms with E-state index in [0.717, 1.165) is 47.3 Å². The summed E-state index contributed by atoms with van der Waals surface area (Å²) in [6.45, 7) is 9.66. The Labute approximate surface area is 211 Å². The first kappa shape index (κ1) is 25.4. The molecule has 1 fully saturated rings. The monoisotopic (exact) mass is 516 g/mol. The van der Waals surface area contributed by atoms with Gasteiger partial charge in [-0.05, 0) is 82.3 Å². The number of ether oxygens (including phenoxy) is 2. The summed E-state index contributed by atoms with van der Waals surface area (Å²) in [6.07, 6.45) is 3.65. The Balaban J connectivity index is 1.64. The summed E-state index contributed by atoms with van der Waals surface area (Å²) >= 11 is 1.52. The third-order valence-electron chi connectivity index (χ3n) is 6.43. The van der Waals surface area contributed by atoms with Gasteiger partial charge in [-0.1, -0.05) is 11.3 Å². The van der Waals surface area contributed by atoms with Gasteiger partial charge in [0.15, 0.2) is 5.13 Å². The van der Waals surface area contributed by atoms with Gasteiger partial charge in [-0.2, -0.15) is 0 Å². The Bertz CT molecular complexity index is 1300. The van der Waals surface area contributed by atoms with Gasteiger partial charge in [-0.15, -0.1) is 0 Å². The molecule has 0 atom stereocenters. The number of nitrogens with zero attached hydrogens (tertiary/aromatic N) is 2. The predicted molar refractivity (Wildman–Crippen MR) is 140 cm³/mol.